The number of nitrogens with zero attached hydrogens (tertiary/aromatic N) is 4. The second-order valence-electron chi connectivity index (χ2n) is 9.57. The average Bonchev–Trinajstić information content (AvgIpc) is 3.21. The number of urea groups is 1. The van der Waals surface area contributed by atoms with Crippen molar-refractivity contribution in [1.82, 2.24) is 29.7 Å². The predicted molar refractivity (Wildman–Crippen MR) is 129 cm³/mol. The lowest BCUT2D eigenvalue weighted by Gasteiger charge is -2.39. The van der Waals surface area contributed by atoms with E-state index < -0.39 is 30.7 Å². The number of imidazole rings is 1. The van der Waals surface area contributed by atoms with Crippen LogP contribution < -0.4 is 11.0 Å². The second-order valence-corrected chi connectivity index (χ2v) is 9.57. The summed E-state index contributed by atoms with van der Waals surface area (Å²) in [5.41, 5.74) is 1.75. The van der Waals surface area contributed by atoms with Crippen LogP contribution in [0.3, 0.4) is 0 Å². The number of likely N-dealkylation sites (tertiary alicyclic amines) is 2. The van der Waals surface area contributed by atoms with E-state index in [1.54, 1.807) is 33.9 Å². The molecule has 2 N–H and O–H groups in total. The summed E-state index contributed by atoms with van der Waals surface area (Å²) in [6.45, 7) is -0.744. The maximum absolute atomic E-state index is 13.2. The summed E-state index contributed by atoms with van der Waals surface area (Å²) in [4.78, 5) is 47.7. The third kappa shape index (κ3) is 5.32. The summed E-state index contributed by atoms with van der Waals surface area (Å²) in [6.07, 6.45) is -1.70. The van der Waals surface area contributed by atoms with E-state index in [1.807, 2.05) is 24.3 Å². The second kappa shape index (κ2) is 9.91. The minimum atomic E-state index is -4.54. The molecular formula is C25H27F3N6O3. The molecule has 5 rings (SSSR count). The minimum Gasteiger partial charge on any atom is -0.331 e. The Hall–Kier alpha value is -3.83. The number of aromatic nitrogens is 3. The van der Waals surface area contributed by atoms with Crippen LogP contribution in [-0.2, 0) is 4.79 Å². The Bertz CT molecular complexity index is 1330. The van der Waals surface area contributed by atoms with E-state index in [0.29, 0.717) is 37.1 Å². The number of aromatic amines is 1. The summed E-state index contributed by atoms with van der Waals surface area (Å²) in [7, 11) is 0. The summed E-state index contributed by atoms with van der Waals surface area (Å²) in [5, 5.41) is 2.69. The summed E-state index contributed by atoms with van der Waals surface area (Å²) in [5.74, 6) is -1.06. The van der Waals surface area contributed by atoms with Gasteiger partial charge in [-0.05, 0) is 37.0 Å². The zero-order valence-corrected chi connectivity index (χ0v) is 19.9. The van der Waals surface area contributed by atoms with E-state index in [0.717, 1.165) is 10.5 Å². The number of nitrogens with one attached hydrogen (secondary N) is 2. The van der Waals surface area contributed by atoms with Gasteiger partial charge < -0.3 is 15.1 Å². The molecule has 0 radical (unpaired) electrons. The predicted octanol–water partition coefficient (Wildman–Crippen LogP) is 3.02. The standard InChI is InChI=1S/C25H27F3N6O3/c26-25(27,28)15-33-14-17(16-5-2-1-3-6-16)13-19(22(33)35)30-23(36)32-11-8-18(9-12-32)34-20-7-4-10-29-21(20)31-24(34)37/h1-7,10,17-19H,8-9,11-15H2,(H,30,36)(H,29,31,37). The molecule has 2 aromatic heterocycles. The van der Waals surface area contributed by atoms with Crippen LogP contribution in [0.1, 0.15) is 36.8 Å². The molecule has 3 amide bonds. The normalized spacial score (nSPS) is 21.4. The lowest BCUT2D eigenvalue weighted by atomic mass is 9.87. The van der Waals surface area contributed by atoms with Gasteiger partial charge in [0.2, 0.25) is 5.91 Å². The molecule has 37 heavy (non-hydrogen) atoms. The highest BCUT2D eigenvalue weighted by atomic mass is 19.4. The van der Waals surface area contributed by atoms with Crippen LogP contribution >= 0.6 is 0 Å². The number of rotatable bonds is 4. The average molecular weight is 517 g/mol. The number of piperidine rings is 2. The molecule has 1 aromatic carbocycles. The van der Waals surface area contributed by atoms with E-state index in [4.69, 9.17) is 0 Å². The molecule has 2 fully saturated rings. The number of hydrogen-bond donors (Lipinski definition) is 2. The van der Waals surface area contributed by atoms with Crippen molar-refractivity contribution >= 4 is 23.1 Å². The first-order valence-electron chi connectivity index (χ1n) is 12.2. The summed E-state index contributed by atoms with van der Waals surface area (Å²) >= 11 is 0. The Morgan fingerprint density at radius 3 is 2.51 bits per heavy atom. The molecule has 3 aromatic rings. The van der Waals surface area contributed by atoms with Crippen molar-refractivity contribution in [2.24, 2.45) is 0 Å². The van der Waals surface area contributed by atoms with Crippen molar-refractivity contribution < 1.29 is 22.8 Å². The van der Waals surface area contributed by atoms with Gasteiger partial charge in [0.05, 0.1) is 5.52 Å². The van der Waals surface area contributed by atoms with Gasteiger partial charge in [0, 0.05) is 37.8 Å². The molecule has 0 bridgehead atoms. The van der Waals surface area contributed by atoms with E-state index in [2.05, 4.69) is 15.3 Å². The fourth-order valence-corrected chi connectivity index (χ4v) is 5.37. The number of halogens is 3. The van der Waals surface area contributed by atoms with Crippen molar-refractivity contribution in [2.75, 3.05) is 26.2 Å². The van der Waals surface area contributed by atoms with Crippen LogP contribution in [-0.4, -0.2) is 74.7 Å². The van der Waals surface area contributed by atoms with Crippen molar-refractivity contribution in [3.05, 3.63) is 64.7 Å². The van der Waals surface area contributed by atoms with Crippen LogP contribution in [0.5, 0.6) is 0 Å². The molecule has 4 heterocycles. The Kier molecular flexibility index (Phi) is 6.65. The van der Waals surface area contributed by atoms with Crippen LogP contribution in [0.4, 0.5) is 18.0 Å². The molecule has 2 saturated heterocycles. The summed E-state index contributed by atoms with van der Waals surface area (Å²) in [6, 6.07) is 10.9. The van der Waals surface area contributed by atoms with Crippen LogP contribution in [0.25, 0.3) is 11.2 Å². The van der Waals surface area contributed by atoms with E-state index in [9.17, 15) is 27.6 Å². The molecular weight excluding hydrogens is 489 g/mol. The highest BCUT2D eigenvalue weighted by molar-refractivity contribution is 5.88. The zero-order chi connectivity index (χ0) is 26.2. The fraction of sp³-hybridized carbons (Fsp3) is 0.440. The number of pyridine rings is 1. The molecule has 9 nitrogen and oxygen atoms in total. The largest absolute Gasteiger partial charge is 0.406 e. The highest BCUT2D eigenvalue weighted by Gasteiger charge is 2.42. The first kappa shape index (κ1) is 24.8. The van der Waals surface area contributed by atoms with Gasteiger partial charge in [0.15, 0.2) is 5.65 Å². The molecule has 2 unspecified atom stereocenters. The number of amides is 3. The molecule has 2 aliphatic heterocycles. The smallest absolute Gasteiger partial charge is 0.331 e. The number of benzene rings is 1. The van der Waals surface area contributed by atoms with Gasteiger partial charge in [0.1, 0.15) is 12.6 Å². The van der Waals surface area contributed by atoms with Crippen molar-refractivity contribution in [3.8, 4) is 0 Å². The monoisotopic (exact) mass is 516 g/mol. The summed E-state index contributed by atoms with van der Waals surface area (Å²) < 4.78 is 41.2. The van der Waals surface area contributed by atoms with Crippen molar-refractivity contribution in [1.29, 1.82) is 0 Å². The number of fused-ring (bicyclic) bond motifs is 1. The van der Waals surface area contributed by atoms with Crippen molar-refractivity contribution in [3.63, 3.8) is 0 Å². The molecule has 196 valence electrons. The fourth-order valence-electron chi connectivity index (χ4n) is 5.37. The quantitative estimate of drug-likeness (QED) is 0.557. The van der Waals surface area contributed by atoms with E-state index in [1.165, 1.54) is 0 Å². The number of alkyl halides is 3. The number of hydrogen-bond acceptors (Lipinski definition) is 4. The van der Waals surface area contributed by atoms with E-state index in [-0.39, 0.29) is 30.6 Å². The Balaban J connectivity index is 1.26. The number of H-pyrrole nitrogens is 1. The third-order valence-corrected chi connectivity index (χ3v) is 7.12. The Morgan fingerprint density at radius 2 is 1.81 bits per heavy atom. The zero-order valence-electron chi connectivity index (χ0n) is 19.9. The lowest BCUT2D eigenvalue weighted by molar-refractivity contribution is -0.165. The van der Waals surface area contributed by atoms with Crippen molar-refractivity contribution in [2.45, 2.75) is 43.4 Å². The highest BCUT2D eigenvalue weighted by Crippen LogP contribution is 2.30. The van der Waals surface area contributed by atoms with Crippen LogP contribution in [0.2, 0.25) is 0 Å². The van der Waals surface area contributed by atoms with E-state index >= 15 is 0 Å². The third-order valence-electron chi connectivity index (χ3n) is 7.12. The molecule has 0 aliphatic carbocycles. The van der Waals surface area contributed by atoms with Gasteiger partial charge >= 0.3 is 17.9 Å². The first-order chi connectivity index (χ1) is 17.7. The Labute approximate surface area is 210 Å². The maximum atomic E-state index is 13.2. The van der Waals surface area contributed by atoms with Gasteiger partial charge in [-0.2, -0.15) is 13.2 Å². The molecule has 0 saturated carbocycles. The van der Waals surface area contributed by atoms with Crippen LogP contribution in [0.15, 0.2) is 53.5 Å². The number of carbonyl (C=O) groups is 2. The van der Waals surface area contributed by atoms with Crippen LogP contribution in [0, 0.1) is 0 Å². The minimum absolute atomic E-state index is 0.0612. The van der Waals surface area contributed by atoms with Gasteiger partial charge in [-0.1, -0.05) is 30.3 Å². The number of carbonyl (C=O) groups excluding carboxylic acids is 2. The maximum Gasteiger partial charge on any atom is 0.406 e. The van der Waals surface area contributed by atoms with Gasteiger partial charge in [-0.3, -0.25) is 14.3 Å². The topological polar surface area (TPSA) is 103 Å². The SMILES string of the molecule is O=C(NC1CC(c2ccccc2)CN(CC(F)(F)F)C1=O)N1CCC(n2c(=O)[nH]c3ncccc32)CC1. The molecule has 0 spiro atoms. The Morgan fingerprint density at radius 1 is 1.08 bits per heavy atom. The molecule has 12 heteroatoms. The molecule has 2 atom stereocenters. The van der Waals surface area contributed by atoms with Gasteiger partial charge in [-0.25, -0.2) is 14.6 Å². The molecule has 2 aliphatic rings. The van der Waals surface area contributed by atoms with Gasteiger partial charge in [0.25, 0.3) is 0 Å². The first-order valence-corrected chi connectivity index (χ1v) is 12.2. The lowest BCUT2D eigenvalue weighted by Crippen LogP contribution is -2.58. The van der Waals surface area contributed by atoms with Gasteiger partial charge in [-0.15, -0.1) is 0 Å².